The van der Waals surface area contributed by atoms with Crippen LogP contribution in [0.2, 0.25) is 0 Å². The van der Waals surface area contributed by atoms with E-state index >= 15 is 4.39 Å². The van der Waals surface area contributed by atoms with E-state index in [9.17, 15) is 8.78 Å². The van der Waals surface area contributed by atoms with E-state index in [2.05, 4.69) is 27.3 Å². The van der Waals surface area contributed by atoms with Crippen molar-refractivity contribution in [2.45, 2.75) is 32.1 Å². The molecule has 0 amide bonds. The van der Waals surface area contributed by atoms with Crippen LogP contribution in [0.5, 0.6) is 0 Å². The SMILES string of the molecule is C=C(/C=C\C(=C(/C)N(C)C(F)F)N(C)C)c1ccn2nc(NC3(F)CCCN(C)C3)nc(NC)c12. The summed E-state index contributed by atoms with van der Waals surface area (Å²) in [6, 6.07) is 1.85. The summed E-state index contributed by atoms with van der Waals surface area (Å²) in [7, 11) is 8.56. The van der Waals surface area contributed by atoms with Crippen LogP contribution >= 0.6 is 0 Å². The fourth-order valence-electron chi connectivity index (χ4n) is 4.22. The van der Waals surface area contributed by atoms with Gasteiger partial charge in [-0.05, 0) is 44.7 Å². The number of hydrogen-bond acceptors (Lipinski definition) is 7. The van der Waals surface area contributed by atoms with Crippen LogP contribution in [0.25, 0.3) is 11.1 Å². The second-order valence-corrected chi connectivity index (χ2v) is 9.10. The van der Waals surface area contributed by atoms with Gasteiger partial charge in [0.2, 0.25) is 5.95 Å². The minimum Gasteiger partial charge on any atom is -0.376 e. The van der Waals surface area contributed by atoms with Crippen molar-refractivity contribution in [2.24, 2.45) is 0 Å². The number of nitrogens with one attached hydrogen (secondary N) is 2. The predicted octanol–water partition coefficient (Wildman–Crippen LogP) is 4.09. The number of halogens is 3. The fraction of sp³-hybridized carbons (Fsp3) is 0.500. The molecule has 3 heterocycles. The van der Waals surface area contributed by atoms with Crippen LogP contribution in [0.3, 0.4) is 0 Å². The normalized spacial score (nSPS) is 19.8. The van der Waals surface area contributed by atoms with E-state index in [1.807, 2.05) is 18.0 Å². The second-order valence-electron chi connectivity index (χ2n) is 9.10. The first-order valence-corrected chi connectivity index (χ1v) is 11.4. The first-order valence-electron chi connectivity index (χ1n) is 11.4. The van der Waals surface area contributed by atoms with E-state index < -0.39 is 12.3 Å². The Hall–Kier alpha value is -3.21. The summed E-state index contributed by atoms with van der Waals surface area (Å²) in [5.74, 6) is -0.903. The van der Waals surface area contributed by atoms with E-state index in [4.69, 9.17) is 0 Å². The lowest BCUT2D eigenvalue weighted by atomic mass is 10.0. The molecule has 0 aliphatic carbocycles. The summed E-state index contributed by atoms with van der Waals surface area (Å²) in [5.41, 5.74) is 3.15. The van der Waals surface area contributed by atoms with Crippen LogP contribution in [-0.4, -0.2) is 90.0 Å². The molecule has 1 saturated heterocycles. The molecule has 1 atom stereocenters. The number of likely N-dealkylation sites (N-methyl/N-ethyl adjacent to an activating group) is 2. The summed E-state index contributed by atoms with van der Waals surface area (Å²) in [6.07, 6.45) is 6.41. The molecule has 3 rings (SSSR count). The van der Waals surface area contributed by atoms with Crippen molar-refractivity contribution in [2.75, 3.05) is 59.0 Å². The van der Waals surface area contributed by atoms with Crippen molar-refractivity contribution in [3.05, 3.63) is 48.0 Å². The summed E-state index contributed by atoms with van der Waals surface area (Å²) in [6.45, 7) is 4.31. The van der Waals surface area contributed by atoms with Crippen LogP contribution in [0.4, 0.5) is 24.9 Å². The zero-order valence-electron chi connectivity index (χ0n) is 21.2. The van der Waals surface area contributed by atoms with Gasteiger partial charge in [-0.2, -0.15) is 13.8 Å². The van der Waals surface area contributed by atoms with Gasteiger partial charge in [0.1, 0.15) is 5.52 Å². The van der Waals surface area contributed by atoms with Crippen LogP contribution in [0, 0.1) is 0 Å². The van der Waals surface area contributed by atoms with Gasteiger partial charge in [-0.3, -0.25) is 0 Å². The third-order valence-corrected chi connectivity index (χ3v) is 6.18. The lowest BCUT2D eigenvalue weighted by Gasteiger charge is -2.35. The molecule has 1 unspecified atom stereocenters. The summed E-state index contributed by atoms with van der Waals surface area (Å²) in [5, 5.41) is 10.4. The highest BCUT2D eigenvalue weighted by Crippen LogP contribution is 2.30. The topological polar surface area (TPSA) is 64.0 Å². The van der Waals surface area contributed by atoms with Crippen molar-refractivity contribution in [3.8, 4) is 0 Å². The molecule has 0 spiro atoms. The van der Waals surface area contributed by atoms with E-state index in [-0.39, 0.29) is 12.5 Å². The number of nitrogens with zero attached hydrogens (tertiary/aromatic N) is 6. The number of likely N-dealkylation sites (tertiary alicyclic amines) is 1. The summed E-state index contributed by atoms with van der Waals surface area (Å²) in [4.78, 5) is 9.13. The van der Waals surface area contributed by atoms with Gasteiger partial charge in [0.15, 0.2) is 11.6 Å². The molecule has 0 bridgehead atoms. The fourth-order valence-corrected chi connectivity index (χ4v) is 4.22. The maximum absolute atomic E-state index is 15.3. The predicted molar refractivity (Wildman–Crippen MR) is 135 cm³/mol. The maximum Gasteiger partial charge on any atom is 0.314 e. The number of aromatic nitrogens is 3. The number of hydrogen-bond donors (Lipinski definition) is 2. The molecule has 35 heavy (non-hydrogen) atoms. The van der Waals surface area contributed by atoms with E-state index in [0.29, 0.717) is 34.7 Å². The molecule has 1 aliphatic rings. The van der Waals surface area contributed by atoms with E-state index in [1.54, 1.807) is 55.8 Å². The van der Waals surface area contributed by atoms with Crippen molar-refractivity contribution in [1.82, 2.24) is 29.3 Å². The highest BCUT2D eigenvalue weighted by molar-refractivity contribution is 5.88. The molecule has 2 N–H and O–H groups in total. The number of allylic oxidation sites excluding steroid dienone is 4. The van der Waals surface area contributed by atoms with Gasteiger partial charge in [-0.25, -0.2) is 8.91 Å². The summed E-state index contributed by atoms with van der Waals surface area (Å²) >= 11 is 0. The Labute approximate surface area is 204 Å². The lowest BCUT2D eigenvalue weighted by molar-refractivity contribution is 0.0125. The standard InChI is InChI=1S/C24H35F3N8/c1-16(9-10-19(32(4)5)17(2)34(7)22(25)26)18-11-14-35-20(18)21(28-3)29-23(31-35)30-24(27)12-8-13-33(6)15-24/h9-11,14,22H,1,8,12-13,15H2,2-7H3,(H2,28,29,30,31)/b10-9-,19-17-. The second kappa shape index (κ2) is 10.6. The number of anilines is 2. The van der Waals surface area contributed by atoms with Gasteiger partial charge < -0.3 is 25.3 Å². The summed E-state index contributed by atoms with van der Waals surface area (Å²) < 4.78 is 43.3. The minimum absolute atomic E-state index is 0.187. The van der Waals surface area contributed by atoms with Gasteiger partial charge in [0, 0.05) is 52.1 Å². The first-order chi connectivity index (χ1) is 16.5. The lowest BCUT2D eigenvalue weighted by Crippen LogP contribution is -2.48. The zero-order valence-corrected chi connectivity index (χ0v) is 21.2. The Bertz CT molecular complexity index is 1120. The van der Waals surface area contributed by atoms with Crippen LogP contribution in [0.15, 0.2) is 42.4 Å². The molecule has 8 nitrogen and oxygen atoms in total. The van der Waals surface area contributed by atoms with Crippen molar-refractivity contribution >= 4 is 22.9 Å². The Balaban J connectivity index is 1.92. The number of alkyl halides is 3. The van der Waals surface area contributed by atoms with Gasteiger partial charge in [-0.1, -0.05) is 12.7 Å². The van der Waals surface area contributed by atoms with Gasteiger partial charge >= 0.3 is 6.55 Å². The minimum atomic E-state index is -2.60. The molecular weight excluding hydrogens is 457 g/mol. The third-order valence-electron chi connectivity index (χ3n) is 6.18. The smallest absolute Gasteiger partial charge is 0.314 e. The first kappa shape index (κ1) is 26.4. The Kier molecular flexibility index (Phi) is 7.99. The quantitative estimate of drug-likeness (QED) is 0.404. The monoisotopic (exact) mass is 492 g/mol. The van der Waals surface area contributed by atoms with Crippen molar-refractivity contribution < 1.29 is 13.2 Å². The van der Waals surface area contributed by atoms with Crippen molar-refractivity contribution in [3.63, 3.8) is 0 Å². The van der Waals surface area contributed by atoms with Crippen LogP contribution in [0.1, 0.15) is 25.3 Å². The van der Waals surface area contributed by atoms with Crippen molar-refractivity contribution in [1.29, 1.82) is 0 Å². The highest BCUT2D eigenvalue weighted by atomic mass is 19.3. The van der Waals surface area contributed by atoms with Crippen LogP contribution in [-0.2, 0) is 0 Å². The highest BCUT2D eigenvalue weighted by Gasteiger charge is 2.35. The molecule has 0 radical (unpaired) electrons. The molecule has 0 aromatic carbocycles. The molecule has 192 valence electrons. The Morgan fingerprint density at radius 3 is 2.60 bits per heavy atom. The Morgan fingerprint density at radius 2 is 2.00 bits per heavy atom. The zero-order chi connectivity index (χ0) is 25.9. The molecular formula is C24H35F3N8. The maximum atomic E-state index is 15.3. The number of piperidine rings is 1. The van der Waals surface area contributed by atoms with E-state index in [0.717, 1.165) is 23.4 Å². The molecule has 1 fully saturated rings. The van der Waals surface area contributed by atoms with Gasteiger partial charge in [0.05, 0.1) is 12.2 Å². The van der Waals surface area contributed by atoms with Gasteiger partial charge in [0.25, 0.3) is 0 Å². The average Bonchev–Trinajstić information content (AvgIpc) is 3.21. The average molecular weight is 493 g/mol. The number of rotatable bonds is 9. The molecule has 1 aliphatic heterocycles. The molecule has 2 aromatic heterocycles. The number of fused-ring (bicyclic) bond motifs is 1. The van der Waals surface area contributed by atoms with Gasteiger partial charge in [-0.15, -0.1) is 5.10 Å². The molecule has 2 aromatic rings. The van der Waals surface area contributed by atoms with E-state index in [1.165, 1.54) is 7.05 Å². The third kappa shape index (κ3) is 5.90. The molecule has 0 saturated carbocycles. The molecule has 11 heteroatoms. The largest absolute Gasteiger partial charge is 0.376 e. The Morgan fingerprint density at radius 1 is 1.29 bits per heavy atom. The van der Waals surface area contributed by atoms with Crippen LogP contribution < -0.4 is 10.6 Å².